The van der Waals surface area contributed by atoms with Gasteiger partial charge in [-0.1, -0.05) is 59.2 Å². The summed E-state index contributed by atoms with van der Waals surface area (Å²) in [5.74, 6) is -8.26. The summed E-state index contributed by atoms with van der Waals surface area (Å²) in [6.07, 6.45) is -5.23. The number of ketones is 1. The van der Waals surface area contributed by atoms with Gasteiger partial charge in [-0.25, -0.2) is 14.4 Å². The summed E-state index contributed by atoms with van der Waals surface area (Å²) in [7, 11) is 0. The van der Waals surface area contributed by atoms with Gasteiger partial charge in [-0.3, -0.25) is 14.4 Å². The van der Waals surface area contributed by atoms with Crippen LogP contribution in [0.15, 0.2) is 41.7 Å². The molecule has 2 bridgehead atoms. The second kappa shape index (κ2) is 16.8. The predicted octanol–water partition coefficient (Wildman–Crippen LogP) is 3.85. The maximum Gasteiger partial charge on any atom is 0.407 e. The van der Waals surface area contributed by atoms with E-state index >= 15 is 4.79 Å². The Morgan fingerprint density at radius 2 is 1.58 bits per heavy atom. The largest absolute Gasteiger partial charge is 0.460 e. The van der Waals surface area contributed by atoms with Crippen LogP contribution in [0.5, 0.6) is 0 Å². The number of carbonyl (C=O) groups is 6. The van der Waals surface area contributed by atoms with Gasteiger partial charge in [0.15, 0.2) is 17.5 Å². The molecule has 4 aliphatic carbocycles. The van der Waals surface area contributed by atoms with E-state index in [1.807, 2.05) is 0 Å². The van der Waals surface area contributed by atoms with Crippen LogP contribution >= 0.6 is 0 Å². The molecular weight excluding hydrogens is 782 g/mol. The Bertz CT molecular complexity index is 1890. The van der Waals surface area contributed by atoms with E-state index < -0.39 is 124 Å². The Labute approximate surface area is 349 Å². The van der Waals surface area contributed by atoms with Crippen LogP contribution in [0.2, 0.25) is 0 Å². The van der Waals surface area contributed by atoms with Gasteiger partial charge in [0.2, 0.25) is 5.78 Å². The molecule has 0 spiro atoms. The lowest BCUT2D eigenvalue weighted by molar-refractivity contribution is -0.345. The zero-order valence-electron chi connectivity index (χ0n) is 35.6. The molecule has 4 N–H and O–H groups in total. The van der Waals surface area contributed by atoms with Gasteiger partial charge in [-0.2, -0.15) is 0 Å². The second-order valence-electron chi connectivity index (χ2n) is 18.3. The van der Waals surface area contributed by atoms with Gasteiger partial charge in [-0.15, -0.1) is 0 Å². The van der Waals surface area contributed by atoms with E-state index in [4.69, 9.17) is 28.4 Å². The number of carbonyl (C=O) groups excluding carboxylic acids is 6. The number of Topliss-reactive ketones (excluding diaryl/α,β-unsaturated/α-hetero) is 1. The molecule has 2 unspecified atom stereocenters. The number of aliphatic hydroxyl groups excluding tert-OH is 2. The zero-order valence-corrected chi connectivity index (χ0v) is 35.6. The average molecular weight is 842 g/mol. The minimum absolute atomic E-state index is 0.0134. The maximum absolute atomic E-state index is 15.4. The lowest BCUT2D eigenvalue weighted by atomic mass is 9.45. The second-order valence-corrected chi connectivity index (χ2v) is 18.3. The number of allylic oxidation sites excluding steroid dienone is 1. The highest BCUT2D eigenvalue weighted by Gasteiger charge is 2.78. The molecule has 4 fully saturated rings. The maximum atomic E-state index is 15.4. The highest BCUT2D eigenvalue weighted by atomic mass is 16.6. The van der Waals surface area contributed by atoms with Crippen molar-refractivity contribution in [3.05, 3.63) is 47.2 Å². The van der Waals surface area contributed by atoms with Gasteiger partial charge in [0.05, 0.1) is 35.6 Å². The van der Waals surface area contributed by atoms with Gasteiger partial charge in [0, 0.05) is 38.0 Å². The molecule has 1 aromatic rings. The summed E-state index contributed by atoms with van der Waals surface area (Å²) in [6, 6.07) is 6.70. The van der Waals surface area contributed by atoms with Crippen LogP contribution in [0, 0.1) is 28.6 Å². The number of alkyl carbamates (subject to hydrolysis) is 1. The molecule has 3 saturated carbocycles. The molecule has 1 aromatic carbocycles. The van der Waals surface area contributed by atoms with Crippen molar-refractivity contribution in [2.24, 2.45) is 28.6 Å². The first-order valence-electron chi connectivity index (χ1n) is 20.9. The Morgan fingerprint density at radius 3 is 2.15 bits per heavy atom. The molecule has 0 aromatic heterocycles. The Kier molecular flexibility index (Phi) is 12.7. The quantitative estimate of drug-likeness (QED) is 0.194. The Balaban J connectivity index is 1.48. The normalized spacial score (nSPS) is 34.6. The number of hydrogen-bond donors (Lipinski definition) is 4. The fraction of sp³-hybridized carbons (Fsp3) is 0.682. The van der Waals surface area contributed by atoms with Crippen molar-refractivity contribution in [3.63, 3.8) is 0 Å². The van der Waals surface area contributed by atoms with E-state index in [2.05, 4.69) is 5.32 Å². The minimum Gasteiger partial charge on any atom is -0.460 e. The molecule has 60 heavy (non-hydrogen) atoms. The van der Waals surface area contributed by atoms with E-state index in [0.717, 1.165) is 33.1 Å². The van der Waals surface area contributed by atoms with Crippen molar-refractivity contribution in [2.45, 2.75) is 154 Å². The first kappa shape index (κ1) is 45.2. The fourth-order valence-corrected chi connectivity index (χ4v) is 10.5. The molecule has 1 saturated heterocycles. The van der Waals surface area contributed by atoms with E-state index in [1.165, 1.54) is 19.1 Å². The fourth-order valence-electron chi connectivity index (χ4n) is 10.5. The van der Waals surface area contributed by atoms with E-state index in [-0.39, 0.29) is 30.3 Å². The summed E-state index contributed by atoms with van der Waals surface area (Å²) in [5.41, 5.74) is -7.73. The molecule has 6 rings (SSSR count). The third-order valence-electron chi connectivity index (χ3n) is 13.9. The number of amides is 1. The van der Waals surface area contributed by atoms with Crippen LogP contribution in [-0.4, -0.2) is 112 Å². The third-order valence-corrected chi connectivity index (χ3v) is 13.9. The number of aliphatic hydroxyl groups is 3. The van der Waals surface area contributed by atoms with E-state index in [1.54, 1.807) is 52.8 Å². The van der Waals surface area contributed by atoms with E-state index in [0.29, 0.717) is 12.8 Å². The Hall–Kier alpha value is -4.38. The number of esters is 4. The topological polar surface area (TPSA) is 231 Å². The van der Waals surface area contributed by atoms with Crippen molar-refractivity contribution in [3.8, 4) is 0 Å². The minimum atomic E-state index is -2.36. The number of hydrogen-bond acceptors (Lipinski definition) is 15. The molecule has 1 aliphatic heterocycles. The summed E-state index contributed by atoms with van der Waals surface area (Å²) < 4.78 is 35.7. The molecule has 1 heterocycles. The van der Waals surface area contributed by atoms with Crippen LogP contribution in [0.4, 0.5) is 4.79 Å². The number of nitrogens with one attached hydrogen (secondary N) is 1. The van der Waals surface area contributed by atoms with Gasteiger partial charge in [-0.05, 0) is 56.2 Å². The zero-order chi connectivity index (χ0) is 44.1. The van der Waals surface area contributed by atoms with Crippen molar-refractivity contribution in [1.82, 2.24) is 5.32 Å². The van der Waals surface area contributed by atoms with Crippen LogP contribution in [0.25, 0.3) is 0 Å². The number of ether oxygens (including phenoxy) is 6. The lowest BCUT2D eigenvalue weighted by Gasteiger charge is -2.67. The van der Waals surface area contributed by atoms with Gasteiger partial charge in [0.25, 0.3) is 0 Å². The van der Waals surface area contributed by atoms with Gasteiger partial charge in [0.1, 0.15) is 30.0 Å². The summed E-state index contributed by atoms with van der Waals surface area (Å²) in [6.45, 7) is 11.4. The highest BCUT2D eigenvalue weighted by molar-refractivity contribution is 6.02. The van der Waals surface area contributed by atoms with Crippen LogP contribution in [0.1, 0.15) is 111 Å². The average Bonchev–Trinajstić information content (AvgIpc) is 3.18. The molecule has 0 radical (unpaired) electrons. The molecule has 5 aliphatic rings. The molecular formula is C44H59NO15. The Morgan fingerprint density at radius 1 is 0.933 bits per heavy atom. The third kappa shape index (κ3) is 7.73. The van der Waals surface area contributed by atoms with Crippen molar-refractivity contribution in [2.75, 3.05) is 6.61 Å². The van der Waals surface area contributed by atoms with Crippen LogP contribution < -0.4 is 5.32 Å². The standard InChI is InChI=1S/C44H59NO15/c1-22(2)32(45-40(53)57-27-17-13-10-14-18-27)33(49)39(52)58-28-20-44(54)37(59-38(51)26-15-11-9-12-16-26)35-42(8,29(48)19-30-43(35,21-55-30)60-25(5)47)36(50)34(56-24(4)46)31(23(28)3)41(44,6)7/h9,11-12,15-16,22-23,27-30,32-33,35,37,48-49,54H,10,13-14,17-21H2,1-8H3,(H,45,53)/t23?,28?,29-,30+,32-,33+,35-,37-,42+,43-,44+/m0/s1. The smallest absolute Gasteiger partial charge is 0.407 e. The van der Waals surface area contributed by atoms with E-state index in [9.17, 15) is 39.3 Å². The van der Waals surface area contributed by atoms with Crippen LogP contribution in [0.3, 0.4) is 0 Å². The summed E-state index contributed by atoms with van der Waals surface area (Å²) in [5, 5.41) is 39.7. The van der Waals surface area contributed by atoms with Crippen molar-refractivity contribution >= 4 is 35.8 Å². The molecule has 16 heteroatoms. The summed E-state index contributed by atoms with van der Waals surface area (Å²) >= 11 is 0. The van der Waals surface area contributed by atoms with Crippen molar-refractivity contribution in [1.29, 1.82) is 0 Å². The molecule has 11 atom stereocenters. The monoisotopic (exact) mass is 841 g/mol. The lowest BCUT2D eigenvalue weighted by Crippen LogP contribution is -2.81. The first-order chi connectivity index (χ1) is 28.1. The van der Waals surface area contributed by atoms with Crippen LogP contribution in [-0.2, 0) is 47.6 Å². The summed E-state index contributed by atoms with van der Waals surface area (Å²) in [4.78, 5) is 82.5. The first-order valence-corrected chi connectivity index (χ1v) is 20.9. The molecule has 1 amide bonds. The number of benzene rings is 1. The predicted molar refractivity (Wildman–Crippen MR) is 209 cm³/mol. The SMILES string of the molecule is CC(=O)OC1=C2C(C)C(OC(=O)[C@H](O)[C@@H](NC(=O)OC3CCCCC3)C(C)C)C[C@@](O)([C@@H](OC(=O)c3ccccc3)[C@@H]3[C@]4(OC(C)=O)CO[C@@H]4C[C@H](O)[C@@]3(C)C1=O)C2(C)C. The van der Waals surface area contributed by atoms with Gasteiger partial charge < -0.3 is 49.1 Å². The number of rotatable bonds is 10. The highest BCUT2D eigenvalue weighted by Crippen LogP contribution is 2.65. The molecule has 16 nitrogen and oxygen atoms in total. The van der Waals surface area contributed by atoms with Gasteiger partial charge >= 0.3 is 30.0 Å². The van der Waals surface area contributed by atoms with Crippen molar-refractivity contribution < 1.29 is 72.5 Å². The number of fused-ring (bicyclic) bond motifs is 5. The molecule has 330 valence electrons.